The predicted octanol–water partition coefficient (Wildman–Crippen LogP) is 0.417. The normalized spacial score (nSPS) is 52.7. The largest absolute Gasteiger partial charge is 0.462 e. The summed E-state index contributed by atoms with van der Waals surface area (Å²) in [6.45, 7) is 6.87. The van der Waals surface area contributed by atoms with Gasteiger partial charge in [-0.2, -0.15) is 0 Å². The first-order valence-electron chi connectivity index (χ1n) is 13.2. The molecule has 0 amide bonds. The van der Waals surface area contributed by atoms with Gasteiger partial charge in [0, 0.05) is 26.7 Å². The third kappa shape index (κ3) is 3.44. The number of carbonyl (C=O) groups is 4. The van der Waals surface area contributed by atoms with E-state index in [9.17, 15) is 24.3 Å². The molecule has 0 aromatic carbocycles. The summed E-state index contributed by atoms with van der Waals surface area (Å²) in [5.41, 5.74) is -5.36. The number of epoxide rings is 2. The number of hydrogen-bond acceptors (Lipinski definition) is 12. The van der Waals surface area contributed by atoms with Crippen molar-refractivity contribution in [3.8, 4) is 0 Å². The van der Waals surface area contributed by atoms with Crippen molar-refractivity contribution < 1.29 is 57.4 Å². The number of hydrogen-bond donors (Lipinski definition) is 1. The minimum atomic E-state index is -1.65. The van der Waals surface area contributed by atoms with Crippen molar-refractivity contribution in [1.29, 1.82) is 0 Å². The highest BCUT2D eigenvalue weighted by Gasteiger charge is 2.85. The fourth-order valence-electron chi connectivity index (χ4n) is 8.16. The maximum Gasteiger partial charge on any atom is 0.312 e. The van der Waals surface area contributed by atoms with Crippen molar-refractivity contribution in [2.75, 3.05) is 13.2 Å². The molecule has 0 aromatic heterocycles. The second-order valence-electron chi connectivity index (χ2n) is 12.0. The Kier molecular flexibility index (Phi) is 5.93. The summed E-state index contributed by atoms with van der Waals surface area (Å²) in [7, 11) is 0. The lowest BCUT2D eigenvalue weighted by molar-refractivity contribution is -0.255. The van der Waals surface area contributed by atoms with Crippen LogP contribution in [0.3, 0.4) is 0 Å². The quantitative estimate of drug-likeness (QED) is 0.214. The van der Waals surface area contributed by atoms with Gasteiger partial charge in [0.15, 0.2) is 11.7 Å². The van der Waals surface area contributed by atoms with Crippen LogP contribution < -0.4 is 0 Å². The van der Waals surface area contributed by atoms with Gasteiger partial charge in [-0.25, -0.2) is 0 Å². The Labute approximate surface area is 229 Å². The van der Waals surface area contributed by atoms with E-state index in [2.05, 4.69) is 0 Å². The molecular formula is C26H33ClO12. The SMILES string of the molecule is CC(=O)OC1CCC2(CO2)C2C(OC(C)=O)C34OC(CO)(C(Cl)C3OC(=O)C4C)C3OC3C(OC(C)=O)C12C. The smallest absolute Gasteiger partial charge is 0.312 e. The summed E-state index contributed by atoms with van der Waals surface area (Å²) in [5, 5.41) is 9.67. The van der Waals surface area contributed by atoms with Gasteiger partial charge in [-0.3, -0.25) is 19.2 Å². The van der Waals surface area contributed by atoms with Crippen molar-refractivity contribution in [2.24, 2.45) is 17.3 Å². The van der Waals surface area contributed by atoms with Crippen LogP contribution in [0.2, 0.25) is 0 Å². The number of ether oxygens (including phenoxy) is 7. The van der Waals surface area contributed by atoms with Crippen LogP contribution in [0.25, 0.3) is 0 Å². The molecule has 13 atom stereocenters. The Hall–Kier alpha value is -1.99. The number of esters is 4. The second kappa shape index (κ2) is 8.51. The molecule has 13 heteroatoms. The van der Waals surface area contributed by atoms with Crippen LogP contribution in [-0.2, 0) is 52.3 Å². The van der Waals surface area contributed by atoms with Crippen LogP contribution in [0.15, 0.2) is 0 Å². The second-order valence-corrected chi connectivity index (χ2v) is 12.4. The monoisotopic (exact) mass is 572 g/mol. The zero-order chi connectivity index (χ0) is 28.3. The molecule has 2 bridgehead atoms. The fraction of sp³-hybridized carbons (Fsp3) is 0.846. The lowest BCUT2D eigenvalue weighted by atomic mass is 9.52. The van der Waals surface area contributed by atoms with E-state index in [1.54, 1.807) is 13.8 Å². The minimum absolute atomic E-state index is 0.291. The molecule has 13 unspecified atom stereocenters. The summed E-state index contributed by atoms with van der Waals surface area (Å²) in [6.07, 6.45) is -5.05. The lowest BCUT2D eigenvalue weighted by Gasteiger charge is -2.56. The fourth-order valence-corrected chi connectivity index (χ4v) is 8.65. The van der Waals surface area contributed by atoms with Gasteiger partial charge in [0.1, 0.15) is 41.5 Å². The zero-order valence-electron chi connectivity index (χ0n) is 22.3. The van der Waals surface area contributed by atoms with Gasteiger partial charge in [0.05, 0.1) is 30.1 Å². The molecule has 2 spiro atoms. The minimum Gasteiger partial charge on any atom is -0.462 e. The Bertz CT molecular complexity index is 1120. The summed E-state index contributed by atoms with van der Waals surface area (Å²) in [4.78, 5) is 50.7. The van der Waals surface area contributed by atoms with E-state index in [0.29, 0.717) is 19.4 Å². The number of aliphatic hydroxyl groups excluding tert-OH is 1. The first-order valence-corrected chi connectivity index (χ1v) is 13.7. The highest BCUT2D eigenvalue weighted by molar-refractivity contribution is 6.22. The van der Waals surface area contributed by atoms with E-state index in [1.165, 1.54) is 20.8 Å². The first-order chi connectivity index (χ1) is 18.3. The van der Waals surface area contributed by atoms with E-state index in [4.69, 9.17) is 44.8 Å². The van der Waals surface area contributed by atoms with Crippen molar-refractivity contribution in [3.05, 3.63) is 0 Å². The van der Waals surface area contributed by atoms with Gasteiger partial charge < -0.3 is 38.3 Å². The van der Waals surface area contributed by atoms with Crippen LogP contribution in [0, 0.1) is 17.3 Å². The molecule has 0 aromatic rings. The molecule has 6 fully saturated rings. The van der Waals surface area contributed by atoms with E-state index >= 15 is 0 Å². The van der Waals surface area contributed by atoms with Crippen LogP contribution in [-0.4, -0.2) is 101 Å². The maximum atomic E-state index is 13.1. The molecule has 6 rings (SSSR count). The highest BCUT2D eigenvalue weighted by atomic mass is 35.5. The average molecular weight is 573 g/mol. The molecule has 1 saturated carbocycles. The van der Waals surface area contributed by atoms with Gasteiger partial charge in [-0.1, -0.05) is 6.92 Å². The van der Waals surface area contributed by atoms with Crippen LogP contribution >= 0.6 is 11.6 Å². The number of rotatable bonds is 4. The molecule has 5 aliphatic heterocycles. The number of carbonyl (C=O) groups excluding carboxylic acids is 4. The molecule has 6 aliphatic rings. The Morgan fingerprint density at radius 1 is 1.05 bits per heavy atom. The number of halogens is 1. The van der Waals surface area contributed by atoms with E-state index in [0.717, 1.165) is 0 Å². The maximum absolute atomic E-state index is 13.1. The zero-order valence-corrected chi connectivity index (χ0v) is 23.1. The van der Waals surface area contributed by atoms with Gasteiger partial charge in [-0.05, 0) is 19.8 Å². The molecule has 216 valence electrons. The molecule has 1 aliphatic carbocycles. The first kappa shape index (κ1) is 27.2. The number of fused-ring (bicyclic) bond motifs is 5. The van der Waals surface area contributed by atoms with Crippen molar-refractivity contribution in [3.63, 3.8) is 0 Å². The summed E-state index contributed by atoms with van der Waals surface area (Å²) in [5.74, 6) is -4.20. The van der Waals surface area contributed by atoms with E-state index in [-0.39, 0.29) is 0 Å². The number of alkyl halides is 1. The van der Waals surface area contributed by atoms with E-state index in [1.807, 2.05) is 0 Å². The average Bonchev–Trinajstić information content (AvgIpc) is 3.77. The Morgan fingerprint density at radius 3 is 2.23 bits per heavy atom. The van der Waals surface area contributed by atoms with Crippen LogP contribution in [0.1, 0.15) is 47.5 Å². The van der Waals surface area contributed by atoms with Gasteiger partial charge in [-0.15, -0.1) is 11.6 Å². The topological polar surface area (TPSA) is 160 Å². The van der Waals surface area contributed by atoms with Crippen molar-refractivity contribution >= 4 is 35.5 Å². The highest BCUT2D eigenvalue weighted by Crippen LogP contribution is 2.68. The number of aliphatic hydroxyl groups is 1. The van der Waals surface area contributed by atoms with E-state index < -0.39 is 107 Å². The Balaban J connectivity index is 1.64. The molecule has 5 saturated heterocycles. The lowest BCUT2D eigenvalue weighted by Crippen LogP contribution is -2.69. The Morgan fingerprint density at radius 2 is 1.67 bits per heavy atom. The molecule has 1 N–H and O–H groups in total. The van der Waals surface area contributed by atoms with Gasteiger partial charge in [0.2, 0.25) is 0 Å². The van der Waals surface area contributed by atoms with Crippen molar-refractivity contribution in [1.82, 2.24) is 0 Å². The van der Waals surface area contributed by atoms with Crippen LogP contribution in [0.5, 0.6) is 0 Å². The molecule has 39 heavy (non-hydrogen) atoms. The summed E-state index contributed by atoms with van der Waals surface area (Å²) in [6, 6.07) is 0. The summed E-state index contributed by atoms with van der Waals surface area (Å²) >= 11 is 6.97. The van der Waals surface area contributed by atoms with Gasteiger partial charge >= 0.3 is 23.9 Å². The van der Waals surface area contributed by atoms with Gasteiger partial charge in [0.25, 0.3) is 0 Å². The summed E-state index contributed by atoms with van der Waals surface area (Å²) < 4.78 is 42.7. The van der Waals surface area contributed by atoms with Crippen molar-refractivity contribution in [2.45, 2.75) is 106 Å². The molecular weight excluding hydrogens is 540 g/mol. The third-order valence-electron chi connectivity index (χ3n) is 9.90. The standard InChI is InChI=1S/C26H33ClO12/c1-10-22(32)38-21-17(27)25(8-28)19-15(37-19)18(35-12(3)30)23(5)14(34-11(2)29)6-7-24(9-33-24)16(23)20(36-13(4)31)26(10,21)39-25/h10,14-21,28H,6-9H2,1-5H3. The third-order valence-corrected chi connectivity index (χ3v) is 10.5. The predicted molar refractivity (Wildman–Crippen MR) is 127 cm³/mol. The van der Waals surface area contributed by atoms with Crippen LogP contribution in [0.4, 0.5) is 0 Å². The molecule has 12 nitrogen and oxygen atoms in total. The molecule has 5 heterocycles. The molecule has 0 radical (unpaired) electrons.